The molecule has 0 aromatic rings. The van der Waals surface area contributed by atoms with Crippen molar-refractivity contribution in [1.29, 1.82) is 0 Å². The minimum atomic E-state index is -1.30. The molecule has 0 aromatic heterocycles. The number of nitrogens with two attached hydrogens (primary N) is 1. The summed E-state index contributed by atoms with van der Waals surface area (Å²) in [5.41, 5.74) is 5.72. The second-order valence-corrected chi connectivity index (χ2v) is 6.24. The van der Waals surface area contributed by atoms with E-state index in [1.54, 1.807) is 20.1 Å². The van der Waals surface area contributed by atoms with Gasteiger partial charge in [-0.1, -0.05) is 27.7 Å². The lowest BCUT2D eigenvalue weighted by molar-refractivity contribution is -0.140. The second kappa shape index (κ2) is 9.94. The van der Waals surface area contributed by atoms with Crippen molar-refractivity contribution >= 4 is 24.1 Å². The first-order valence-corrected chi connectivity index (χ1v) is 7.54. The second-order valence-electron chi connectivity index (χ2n) is 6.24. The van der Waals surface area contributed by atoms with Gasteiger partial charge in [0.2, 0.25) is 18.1 Å². The fourth-order valence-corrected chi connectivity index (χ4v) is 1.86. The molecule has 0 spiro atoms. The van der Waals surface area contributed by atoms with Crippen LogP contribution >= 0.6 is 0 Å². The Morgan fingerprint density at radius 2 is 1.65 bits per heavy atom. The summed E-state index contributed by atoms with van der Waals surface area (Å²) in [4.78, 5) is 45.8. The van der Waals surface area contributed by atoms with Crippen molar-refractivity contribution in [2.45, 2.75) is 58.7 Å². The molecule has 8 heteroatoms. The van der Waals surface area contributed by atoms with Crippen LogP contribution in [0.5, 0.6) is 0 Å². The highest BCUT2D eigenvalue weighted by molar-refractivity contribution is 5.93. The summed E-state index contributed by atoms with van der Waals surface area (Å²) < 4.78 is 0. The number of carbonyl (C=O) groups is 3. The zero-order valence-electron chi connectivity index (χ0n) is 14.0. The molecule has 0 bridgehead atoms. The van der Waals surface area contributed by atoms with Crippen molar-refractivity contribution in [1.82, 2.24) is 10.6 Å². The molecular formula is C15H26N3O5. The third-order valence-corrected chi connectivity index (χ3v) is 3.17. The van der Waals surface area contributed by atoms with E-state index in [9.17, 15) is 19.2 Å². The van der Waals surface area contributed by atoms with Gasteiger partial charge in [0.15, 0.2) is 0 Å². The summed E-state index contributed by atoms with van der Waals surface area (Å²) in [6, 6.07) is -3.01. The molecule has 0 aromatic carbocycles. The van der Waals surface area contributed by atoms with Crippen LogP contribution in [-0.4, -0.2) is 47.3 Å². The maximum absolute atomic E-state index is 12.1. The molecule has 2 amide bonds. The number of carboxylic acids is 1. The Morgan fingerprint density at radius 3 is 2.04 bits per heavy atom. The summed E-state index contributed by atoms with van der Waals surface area (Å²) in [5.74, 6) is -2.63. The number of hydrogen-bond acceptors (Lipinski definition) is 5. The van der Waals surface area contributed by atoms with Gasteiger partial charge in [-0.25, -0.2) is 0 Å². The van der Waals surface area contributed by atoms with Crippen molar-refractivity contribution in [3.8, 4) is 0 Å². The monoisotopic (exact) mass is 328 g/mol. The number of hydrogen-bond donors (Lipinski definition) is 4. The van der Waals surface area contributed by atoms with Gasteiger partial charge < -0.3 is 21.5 Å². The van der Waals surface area contributed by atoms with Crippen LogP contribution < -0.4 is 16.4 Å². The number of carboxylic acid groups (broad SMARTS) is 1. The van der Waals surface area contributed by atoms with Crippen LogP contribution in [0.4, 0.5) is 0 Å². The quantitative estimate of drug-likeness (QED) is 0.429. The number of rotatable bonds is 10. The minimum Gasteiger partial charge on any atom is -0.481 e. The number of carbonyl (C=O) groups excluding carboxylic acids is 3. The molecule has 0 heterocycles. The van der Waals surface area contributed by atoms with Crippen molar-refractivity contribution in [2.75, 3.05) is 0 Å². The molecule has 23 heavy (non-hydrogen) atoms. The predicted molar refractivity (Wildman–Crippen MR) is 84.1 cm³/mol. The lowest BCUT2D eigenvalue weighted by atomic mass is 10.0. The third-order valence-electron chi connectivity index (χ3n) is 3.17. The van der Waals surface area contributed by atoms with Crippen molar-refractivity contribution in [2.24, 2.45) is 17.6 Å². The molecule has 1 radical (unpaired) electrons. The number of amides is 2. The summed E-state index contributed by atoms with van der Waals surface area (Å²) in [6.45, 7) is 7.20. The van der Waals surface area contributed by atoms with E-state index in [4.69, 9.17) is 10.8 Å². The molecule has 0 rings (SSSR count). The molecule has 5 N–H and O–H groups in total. The molecule has 3 atom stereocenters. The fourth-order valence-electron chi connectivity index (χ4n) is 1.86. The maximum Gasteiger partial charge on any atom is 0.305 e. The Balaban J connectivity index is 4.93. The normalized spacial score (nSPS) is 14.9. The van der Waals surface area contributed by atoms with Gasteiger partial charge >= 0.3 is 5.97 Å². The van der Waals surface area contributed by atoms with E-state index in [-0.39, 0.29) is 11.8 Å². The number of nitrogens with one attached hydrogen (secondary N) is 2. The zero-order valence-corrected chi connectivity index (χ0v) is 14.0. The fraction of sp³-hybridized carbons (Fsp3) is 0.733. The van der Waals surface area contributed by atoms with E-state index in [0.717, 1.165) is 0 Å². The van der Waals surface area contributed by atoms with E-state index in [2.05, 4.69) is 10.6 Å². The third kappa shape index (κ3) is 8.29. The van der Waals surface area contributed by atoms with E-state index in [1.165, 1.54) is 0 Å². The van der Waals surface area contributed by atoms with Crippen LogP contribution in [0.2, 0.25) is 0 Å². The molecule has 0 saturated heterocycles. The molecule has 131 valence electrons. The summed E-state index contributed by atoms with van der Waals surface area (Å²) in [5, 5.41) is 13.6. The van der Waals surface area contributed by atoms with Gasteiger partial charge in [0, 0.05) is 0 Å². The van der Waals surface area contributed by atoms with Crippen LogP contribution in [0.3, 0.4) is 0 Å². The van der Waals surface area contributed by atoms with Gasteiger partial charge in [0.05, 0.1) is 18.5 Å². The Morgan fingerprint density at radius 1 is 1.09 bits per heavy atom. The summed E-state index contributed by atoms with van der Waals surface area (Å²) in [6.07, 6.45) is 1.48. The standard InChI is InChI=1S/C15H26N3O5/c1-8(2)5-10(16)14(22)17-11(6-13(20)21)15(23)18-12(7-19)9(3)4/h8-12H,5-6,16H2,1-4H3,(H,17,22)(H,18,23)(H,20,21)/t10-,11-,12+/m0/s1. The highest BCUT2D eigenvalue weighted by atomic mass is 16.4. The molecule has 0 saturated carbocycles. The number of aliphatic carboxylic acids is 1. The molecule has 0 fully saturated rings. The SMILES string of the molecule is CC(C)C[C@H](N)C(=O)N[C@@H](CC(=O)O)C(=O)N[C@H]([C]=O)C(C)C. The molecule has 0 aliphatic rings. The zero-order chi connectivity index (χ0) is 18.2. The first-order chi connectivity index (χ1) is 10.6. The Hall–Kier alpha value is -1.96. The lowest BCUT2D eigenvalue weighted by Crippen LogP contribution is -2.55. The Kier molecular flexibility index (Phi) is 9.09. The molecule has 8 nitrogen and oxygen atoms in total. The first kappa shape index (κ1) is 21.0. The molecule has 0 aliphatic heterocycles. The summed E-state index contributed by atoms with van der Waals surface area (Å²) in [7, 11) is 0. The molecule has 0 aliphatic carbocycles. The lowest BCUT2D eigenvalue weighted by Gasteiger charge is -2.22. The summed E-state index contributed by atoms with van der Waals surface area (Å²) >= 11 is 0. The van der Waals surface area contributed by atoms with E-state index < -0.39 is 42.3 Å². The van der Waals surface area contributed by atoms with Gasteiger partial charge in [-0.2, -0.15) is 0 Å². The van der Waals surface area contributed by atoms with Crippen molar-refractivity contribution < 1.29 is 24.3 Å². The van der Waals surface area contributed by atoms with Crippen LogP contribution in [-0.2, 0) is 19.2 Å². The minimum absolute atomic E-state index is 0.178. The topological polar surface area (TPSA) is 139 Å². The van der Waals surface area contributed by atoms with Crippen LogP contribution in [0.1, 0.15) is 40.5 Å². The van der Waals surface area contributed by atoms with Crippen LogP contribution in [0.25, 0.3) is 0 Å². The van der Waals surface area contributed by atoms with Gasteiger partial charge in [0.25, 0.3) is 0 Å². The molecular weight excluding hydrogens is 302 g/mol. The van der Waals surface area contributed by atoms with E-state index in [1.807, 2.05) is 13.8 Å². The van der Waals surface area contributed by atoms with Crippen molar-refractivity contribution in [3.05, 3.63) is 0 Å². The van der Waals surface area contributed by atoms with Gasteiger partial charge in [-0.3, -0.25) is 19.2 Å². The average molecular weight is 328 g/mol. The van der Waals surface area contributed by atoms with E-state index in [0.29, 0.717) is 6.42 Å². The highest BCUT2D eigenvalue weighted by Crippen LogP contribution is 2.05. The smallest absolute Gasteiger partial charge is 0.305 e. The van der Waals surface area contributed by atoms with E-state index >= 15 is 0 Å². The van der Waals surface area contributed by atoms with Gasteiger partial charge in [0.1, 0.15) is 6.04 Å². The van der Waals surface area contributed by atoms with Crippen LogP contribution in [0.15, 0.2) is 0 Å². The first-order valence-electron chi connectivity index (χ1n) is 7.54. The predicted octanol–water partition coefficient (Wildman–Crippen LogP) is -0.430. The Labute approximate surface area is 136 Å². The highest BCUT2D eigenvalue weighted by Gasteiger charge is 2.28. The average Bonchev–Trinajstić information content (AvgIpc) is 2.41. The molecule has 0 unspecified atom stereocenters. The van der Waals surface area contributed by atoms with Crippen LogP contribution in [0, 0.1) is 11.8 Å². The largest absolute Gasteiger partial charge is 0.481 e. The maximum atomic E-state index is 12.1. The Bertz CT molecular complexity index is 437. The van der Waals surface area contributed by atoms with Crippen molar-refractivity contribution in [3.63, 3.8) is 0 Å². The van der Waals surface area contributed by atoms with Gasteiger partial charge in [-0.15, -0.1) is 0 Å². The van der Waals surface area contributed by atoms with Gasteiger partial charge in [-0.05, 0) is 18.3 Å².